The van der Waals surface area contributed by atoms with E-state index in [4.69, 9.17) is 5.11 Å². The van der Waals surface area contributed by atoms with Crippen LogP contribution in [0.2, 0.25) is 0 Å². The summed E-state index contributed by atoms with van der Waals surface area (Å²) in [7, 11) is 0. The van der Waals surface area contributed by atoms with Crippen LogP contribution in [-0.4, -0.2) is 28.4 Å². The predicted molar refractivity (Wildman–Crippen MR) is 78.8 cm³/mol. The molecule has 2 rings (SSSR count). The van der Waals surface area contributed by atoms with E-state index in [0.717, 1.165) is 12.8 Å². The Kier molecular flexibility index (Phi) is 4.18. The maximum absolute atomic E-state index is 12.5. The smallest absolute Gasteiger partial charge is 0.309 e. The van der Waals surface area contributed by atoms with Crippen molar-refractivity contribution in [3.05, 3.63) is 21.9 Å². The molecular weight excluding hydrogens is 274 g/mol. The fourth-order valence-electron chi connectivity index (χ4n) is 2.69. The zero-order valence-electron chi connectivity index (χ0n) is 12.2. The van der Waals surface area contributed by atoms with Gasteiger partial charge in [-0.1, -0.05) is 6.92 Å². The minimum Gasteiger partial charge on any atom is -0.481 e. The van der Waals surface area contributed by atoms with Crippen LogP contribution >= 0.6 is 11.3 Å². The maximum atomic E-state index is 12.5. The number of carboxylic acids is 1. The molecule has 1 aliphatic heterocycles. The first-order chi connectivity index (χ1) is 9.36. The number of amides is 1. The summed E-state index contributed by atoms with van der Waals surface area (Å²) in [6.07, 6.45) is 1.80. The van der Waals surface area contributed by atoms with E-state index >= 15 is 0 Å². The van der Waals surface area contributed by atoms with Crippen molar-refractivity contribution in [1.82, 2.24) is 4.90 Å². The molecule has 0 saturated heterocycles. The lowest BCUT2D eigenvalue weighted by Crippen LogP contribution is -2.42. The summed E-state index contributed by atoms with van der Waals surface area (Å²) >= 11 is 1.74. The van der Waals surface area contributed by atoms with E-state index in [1.807, 2.05) is 4.90 Å². The molecule has 1 aromatic rings. The van der Waals surface area contributed by atoms with E-state index < -0.39 is 11.4 Å². The van der Waals surface area contributed by atoms with Crippen molar-refractivity contribution in [1.29, 1.82) is 0 Å². The number of thiophene rings is 1. The Morgan fingerprint density at radius 2 is 2.20 bits per heavy atom. The number of carbonyl (C=O) groups is 2. The summed E-state index contributed by atoms with van der Waals surface area (Å²) in [6.45, 7) is 5.98. The quantitative estimate of drug-likeness (QED) is 0.928. The molecule has 0 bridgehead atoms. The first-order valence-electron chi connectivity index (χ1n) is 6.96. The van der Waals surface area contributed by atoms with Crippen LogP contribution in [0.15, 0.2) is 11.4 Å². The first-order valence-corrected chi connectivity index (χ1v) is 7.84. The molecule has 0 aliphatic carbocycles. The van der Waals surface area contributed by atoms with Crippen LogP contribution in [0.4, 0.5) is 0 Å². The van der Waals surface area contributed by atoms with Crippen LogP contribution in [0.5, 0.6) is 0 Å². The number of nitrogens with zero attached hydrogens (tertiary/aromatic N) is 1. The SMILES string of the molecule is CCC1c2ccsc2CCN1C(=O)CC(C)(C)C(=O)O. The van der Waals surface area contributed by atoms with Crippen LogP contribution < -0.4 is 0 Å². The van der Waals surface area contributed by atoms with Gasteiger partial charge in [-0.3, -0.25) is 9.59 Å². The van der Waals surface area contributed by atoms with Gasteiger partial charge in [-0.15, -0.1) is 11.3 Å². The topological polar surface area (TPSA) is 57.6 Å². The molecule has 2 heterocycles. The molecule has 1 atom stereocenters. The van der Waals surface area contributed by atoms with Gasteiger partial charge >= 0.3 is 5.97 Å². The molecule has 20 heavy (non-hydrogen) atoms. The van der Waals surface area contributed by atoms with E-state index in [1.165, 1.54) is 10.4 Å². The number of carbonyl (C=O) groups excluding carboxylic acids is 1. The van der Waals surface area contributed by atoms with Crippen molar-refractivity contribution in [3.63, 3.8) is 0 Å². The zero-order chi connectivity index (χ0) is 14.9. The van der Waals surface area contributed by atoms with Crippen molar-refractivity contribution in [3.8, 4) is 0 Å². The van der Waals surface area contributed by atoms with Gasteiger partial charge in [0.1, 0.15) is 0 Å². The molecule has 5 heteroatoms. The van der Waals surface area contributed by atoms with E-state index in [9.17, 15) is 9.59 Å². The normalized spacial score (nSPS) is 18.8. The molecule has 1 N–H and O–H groups in total. The molecule has 4 nitrogen and oxygen atoms in total. The van der Waals surface area contributed by atoms with Gasteiger partial charge in [0.15, 0.2) is 0 Å². The predicted octanol–water partition coefficient (Wildman–Crippen LogP) is 3.08. The van der Waals surface area contributed by atoms with Crippen LogP contribution in [0.1, 0.15) is 50.1 Å². The third-order valence-corrected chi connectivity index (χ3v) is 4.97. The summed E-state index contributed by atoms with van der Waals surface area (Å²) in [5, 5.41) is 11.2. The third-order valence-electron chi connectivity index (χ3n) is 3.97. The van der Waals surface area contributed by atoms with Gasteiger partial charge in [-0.05, 0) is 43.7 Å². The Balaban J connectivity index is 2.17. The number of fused-ring (bicyclic) bond motifs is 1. The number of hydrogen-bond acceptors (Lipinski definition) is 3. The van der Waals surface area contributed by atoms with Crippen molar-refractivity contribution in [2.24, 2.45) is 5.41 Å². The molecule has 0 spiro atoms. The average Bonchev–Trinajstić information content (AvgIpc) is 2.84. The van der Waals surface area contributed by atoms with Gasteiger partial charge in [0.2, 0.25) is 5.91 Å². The molecular formula is C15H21NO3S. The Bertz CT molecular complexity index is 521. The highest BCUT2D eigenvalue weighted by Gasteiger charge is 2.36. The van der Waals surface area contributed by atoms with Gasteiger partial charge in [0.05, 0.1) is 11.5 Å². The Morgan fingerprint density at radius 3 is 2.80 bits per heavy atom. The highest BCUT2D eigenvalue weighted by Crippen LogP contribution is 2.36. The monoisotopic (exact) mass is 295 g/mol. The molecule has 1 amide bonds. The van der Waals surface area contributed by atoms with Gasteiger partial charge in [-0.25, -0.2) is 0 Å². The molecule has 0 radical (unpaired) electrons. The Morgan fingerprint density at radius 1 is 1.50 bits per heavy atom. The van der Waals surface area contributed by atoms with Crippen molar-refractivity contribution in [2.75, 3.05) is 6.54 Å². The summed E-state index contributed by atoms with van der Waals surface area (Å²) in [4.78, 5) is 26.9. The first kappa shape index (κ1) is 15.0. The molecule has 0 fully saturated rings. The summed E-state index contributed by atoms with van der Waals surface area (Å²) in [5.41, 5.74) is 0.231. The molecule has 1 unspecified atom stereocenters. The van der Waals surface area contributed by atoms with E-state index in [2.05, 4.69) is 18.4 Å². The number of rotatable bonds is 4. The van der Waals surface area contributed by atoms with E-state index in [0.29, 0.717) is 6.54 Å². The largest absolute Gasteiger partial charge is 0.481 e. The van der Waals surface area contributed by atoms with Gasteiger partial charge in [-0.2, -0.15) is 0 Å². The summed E-state index contributed by atoms with van der Waals surface area (Å²) < 4.78 is 0. The van der Waals surface area contributed by atoms with Crippen molar-refractivity contribution in [2.45, 2.75) is 46.1 Å². The Hall–Kier alpha value is -1.36. The number of aliphatic carboxylic acids is 1. The third kappa shape index (κ3) is 2.73. The van der Waals surface area contributed by atoms with Crippen molar-refractivity contribution < 1.29 is 14.7 Å². The highest BCUT2D eigenvalue weighted by molar-refractivity contribution is 7.10. The second-order valence-electron chi connectivity index (χ2n) is 5.93. The van der Waals surface area contributed by atoms with E-state index in [-0.39, 0.29) is 18.4 Å². The molecule has 0 saturated carbocycles. The molecule has 110 valence electrons. The zero-order valence-corrected chi connectivity index (χ0v) is 13.0. The lowest BCUT2D eigenvalue weighted by atomic mass is 9.87. The summed E-state index contributed by atoms with van der Waals surface area (Å²) in [5.74, 6) is -0.978. The Labute approximate surface area is 123 Å². The highest BCUT2D eigenvalue weighted by atomic mass is 32.1. The van der Waals surface area contributed by atoms with Gasteiger partial charge < -0.3 is 10.0 Å². The second-order valence-corrected chi connectivity index (χ2v) is 6.93. The lowest BCUT2D eigenvalue weighted by Gasteiger charge is -2.37. The molecule has 1 aliphatic rings. The maximum Gasteiger partial charge on any atom is 0.309 e. The average molecular weight is 295 g/mol. The minimum atomic E-state index is -1.01. The standard InChI is InChI=1S/C15H21NO3S/c1-4-11-10-6-8-20-12(10)5-7-16(11)13(17)9-15(2,3)14(18)19/h6,8,11H,4-5,7,9H2,1-3H3,(H,18,19). The molecule has 1 aromatic heterocycles. The number of carboxylic acid groups (broad SMARTS) is 1. The minimum absolute atomic E-state index is 0.0539. The second kappa shape index (κ2) is 5.56. The van der Waals surface area contributed by atoms with Gasteiger partial charge in [0.25, 0.3) is 0 Å². The number of hydrogen-bond donors (Lipinski definition) is 1. The van der Waals surface area contributed by atoms with Crippen molar-refractivity contribution >= 4 is 23.2 Å². The van der Waals surface area contributed by atoms with Crippen LogP contribution in [-0.2, 0) is 16.0 Å². The van der Waals surface area contributed by atoms with Crippen LogP contribution in [0, 0.1) is 5.41 Å². The molecule has 0 aromatic carbocycles. The fourth-order valence-corrected chi connectivity index (χ4v) is 3.62. The van der Waals surface area contributed by atoms with Crippen LogP contribution in [0.25, 0.3) is 0 Å². The van der Waals surface area contributed by atoms with Crippen LogP contribution in [0.3, 0.4) is 0 Å². The van der Waals surface area contributed by atoms with E-state index in [1.54, 1.807) is 25.2 Å². The lowest BCUT2D eigenvalue weighted by molar-refractivity contribution is -0.152. The van der Waals surface area contributed by atoms with Gasteiger partial charge in [0, 0.05) is 17.8 Å². The fraction of sp³-hybridized carbons (Fsp3) is 0.600. The summed E-state index contributed by atoms with van der Waals surface area (Å²) in [6, 6.07) is 2.19.